The molecule has 2 fully saturated rings. The van der Waals surface area contributed by atoms with Crippen molar-refractivity contribution in [2.24, 2.45) is 5.92 Å². The third-order valence-electron chi connectivity index (χ3n) is 2.29. The minimum atomic E-state index is -0.0655. The zero-order valence-corrected chi connectivity index (χ0v) is 6.91. The van der Waals surface area contributed by atoms with Crippen LogP contribution < -0.4 is 5.32 Å². The number of carbonyl (C=O) groups excluding carboxylic acids is 1. The molecule has 0 amide bonds. The van der Waals surface area contributed by atoms with Gasteiger partial charge in [0.1, 0.15) is 6.10 Å². The first-order valence-electron chi connectivity index (χ1n) is 4.35. The van der Waals surface area contributed by atoms with Crippen molar-refractivity contribution < 1.29 is 14.3 Å². The molecule has 1 N–H and O–H groups in total. The molecular weight excluding hydrogens is 158 g/mol. The van der Waals surface area contributed by atoms with E-state index in [1.54, 1.807) is 0 Å². The van der Waals surface area contributed by atoms with Crippen molar-refractivity contribution in [3.8, 4) is 0 Å². The quantitative estimate of drug-likeness (QED) is 0.571. The van der Waals surface area contributed by atoms with Crippen LogP contribution in [-0.2, 0) is 14.3 Å². The van der Waals surface area contributed by atoms with Gasteiger partial charge in [0.15, 0.2) is 0 Å². The third kappa shape index (κ3) is 1.59. The maximum absolute atomic E-state index is 11.3. The van der Waals surface area contributed by atoms with Gasteiger partial charge in [-0.05, 0) is 0 Å². The number of nitrogens with one attached hydrogen (secondary N) is 1. The van der Waals surface area contributed by atoms with Gasteiger partial charge in [-0.3, -0.25) is 4.79 Å². The summed E-state index contributed by atoms with van der Waals surface area (Å²) in [6, 6.07) is 0. The molecule has 2 aliphatic heterocycles. The Morgan fingerprint density at radius 1 is 1.50 bits per heavy atom. The molecule has 0 aromatic carbocycles. The monoisotopic (exact) mass is 171 g/mol. The average molecular weight is 171 g/mol. The summed E-state index contributed by atoms with van der Waals surface area (Å²) in [5.74, 6) is 0.0230. The SMILES string of the molecule is O=C(OC1CCOC1)C1CNC1. The van der Waals surface area contributed by atoms with E-state index in [1.807, 2.05) is 0 Å². The van der Waals surface area contributed by atoms with Crippen molar-refractivity contribution in [1.82, 2.24) is 5.32 Å². The van der Waals surface area contributed by atoms with Crippen LogP contribution in [0.2, 0.25) is 0 Å². The summed E-state index contributed by atoms with van der Waals surface area (Å²) in [6.07, 6.45) is 0.865. The van der Waals surface area contributed by atoms with E-state index in [0.29, 0.717) is 6.61 Å². The van der Waals surface area contributed by atoms with Crippen LogP contribution >= 0.6 is 0 Å². The molecule has 2 heterocycles. The largest absolute Gasteiger partial charge is 0.460 e. The fourth-order valence-electron chi connectivity index (χ4n) is 1.32. The van der Waals surface area contributed by atoms with Crippen molar-refractivity contribution in [3.63, 3.8) is 0 Å². The van der Waals surface area contributed by atoms with E-state index in [9.17, 15) is 4.79 Å². The van der Waals surface area contributed by atoms with Gasteiger partial charge in [0.05, 0.1) is 19.1 Å². The molecule has 0 aromatic heterocycles. The number of hydrogen-bond acceptors (Lipinski definition) is 4. The summed E-state index contributed by atoms with van der Waals surface area (Å²) in [4.78, 5) is 11.3. The predicted octanol–water partition coefficient (Wildman–Crippen LogP) is -0.462. The Labute approximate surface area is 71.2 Å². The summed E-state index contributed by atoms with van der Waals surface area (Å²) < 4.78 is 10.3. The second kappa shape index (κ2) is 3.41. The maximum Gasteiger partial charge on any atom is 0.311 e. The lowest BCUT2D eigenvalue weighted by Crippen LogP contribution is -2.48. The second-order valence-electron chi connectivity index (χ2n) is 3.28. The highest BCUT2D eigenvalue weighted by molar-refractivity contribution is 5.74. The van der Waals surface area contributed by atoms with Crippen LogP contribution in [0.1, 0.15) is 6.42 Å². The smallest absolute Gasteiger partial charge is 0.311 e. The lowest BCUT2D eigenvalue weighted by Gasteiger charge is -2.26. The lowest BCUT2D eigenvalue weighted by molar-refractivity contribution is -0.155. The summed E-state index contributed by atoms with van der Waals surface area (Å²) in [6.45, 7) is 2.84. The molecule has 4 nitrogen and oxygen atoms in total. The highest BCUT2D eigenvalue weighted by Gasteiger charge is 2.29. The van der Waals surface area contributed by atoms with E-state index >= 15 is 0 Å². The number of ether oxygens (including phenoxy) is 2. The van der Waals surface area contributed by atoms with Gasteiger partial charge in [-0.1, -0.05) is 0 Å². The van der Waals surface area contributed by atoms with Gasteiger partial charge < -0.3 is 14.8 Å². The first-order chi connectivity index (χ1) is 5.86. The van der Waals surface area contributed by atoms with Crippen LogP contribution in [0.3, 0.4) is 0 Å². The van der Waals surface area contributed by atoms with Crippen molar-refractivity contribution in [2.45, 2.75) is 12.5 Å². The average Bonchev–Trinajstić information content (AvgIpc) is 2.34. The van der Waals surface area contributed by atoms with E-state index in [4.69, 9.17) is 9.47 Å². The molecule has 0 spiro atoms. The van der Waals surface area contributed by atoms with E-state index in [1.165, 1.54) is 0 Å². The molecule has 1 unspecified atom stereocenters. The minimum Gasteiger partial charge on any atom is -0.460 e. The van der Waals surface area contributed by atoms with Crippen LogP contribution in [0.15, 0.2) is 0 Å². The van der Waals surface area contributed by atoms with Crippen LogP contribution in [0.5, 0.6) is 0 Å². The highest BCUT2D eigenvalue weighted by atomic mass is 16.6. The van der Waals surface area contributed by atoms with Crippen molar-refractivity contribution in [1.29, 1.82) is 0 Å². The molecular formula is C8H13NO3. The third-order valence-corrected chi connectivity index (χ3v) is 2.29. The van der Waals surface area contributed by atoms with Gasteiger partial charge in [0.25, 0.3) is 0 Å². The van der Waals surface area contributed by atoms with E-state index in [-0.39, 0.29) is 18.0 Å². The van der Waals surface area contributed by atoms with E-state index in [2.05, 4.69) is 5.32 Å². The fraction of sp³-hybridized carbons (Fsp3) is 0.875. The molecule has 2 aliphatic rings. The van der Waals surface area contributed by atoms with Gasteiger partial charge in [0, 0.05) is 19.5 Å². The summed E-state index contributed by atoms with van der Waals surface area (Å²) >= 11 is 0. The highest BCUT2D eigenvalue weighted by Crippen LogP contribution is 2.12. The number of carbonyl (C=O) groups is 1. The van der Waals surface area contributed by atoms with Crippen molar-refractivity contribution in [2.75, 3.05) is 26.3 Å². The zero-order valence-electron chi connectivity index (χ0n) is 6.91. The Bertz CT molecular complexity index is 173. The molecule has 0 aliphatic carbocycles. The second-order valence-corrected chi connectivity index (χ2v) is 3.28. The number of hydrogen-bond donors (Lipinski definition) is 1. The van der Waals surface area contributed by atoms with Crippen LogP contribution in [-0.4, -0.2) is 38.4 Å². The summed E-state index contributed by atoms with van der Waals surface area (Å²) in [7, 11) is 0. The first-order valence-corrected chi connectivity index (χ1v) is 4.35. The molecule has 1 atom stereocenters. The standard InChI is InChI=1S/C8H13NO3/c10-8(6-3-9-4-6)12-7-1-2-11-5-7/h6-7,9H,1-5H2. The van der Waals surface area contributed by atoms with Crippen LogP contribution in [0.4, 0.5) is 0 Å². The van der Waals surface area contributed by atoms with E-state index < -0.39 is 0 Å². The Balaban J connectivity index is 1.73. The van der Waals surface area contributed by atoms with Gasteiger partial charge in [-0.15, -0.1) is 0 Å². The van der Waals surface area contributed by atoms with Gasteiger partial charge in [-0.2, -0.15) is 0 Å². The predicted molar refractivity (Wildman–Crippen MR) is 41.7 cm³/mol. The fourth-order valence-corrected chi connectivity index (χ4v) is 1.32. The topological polar surface area (TPSA) is 47.6 Å². The Morgan fingerprint density at radius 3 is 2.83 bits per heavy atom. The number of esters is 1. The molecule has 0 aromatic rings. The molecule has 0 saturated carbocycles. The van der Waals surface area contributed by atoms with E-state index in [0.717, 1.165) is 26.1 Å². The van der Waals surface area contributed by atoms with Gasteiger partial charge >= 0.3 is 5.97 Å². The minimum absolute atomic E-state index is 0.0121. The summed E-state index contributed by atoms with van der Waals surface area (Å²) in [5.41, 5.74) is 0. The Kier molecular flexibility index (Phi) is 2.28. The molecule has 0 bridgehead atoms. The lowest BCUT2D eigenvalue weighted by atomic mass is 10.0. The maximum atomic E-state index is 11.3. The Morgan fingerprint density at radius 2 is 2.33 bits per heavy atom. The molecule has 2 rings (SSSR count). The van der Waals surface area contributed by atoms with Crippen molar-refractivity contribution >= 4 is 5.97 Å². The zero-order chi connectivity index (χ0) is 8.39. The number of rotatable bonds is 2. The van der Waals surface area contributed by atoms with Crippen molar-refractivity contribution in [3.05, 3.63) is 0 Å². The molecule has 4 heteroatoms. The molecule has 0 radical (unpaired) electrons. The van der Waals surface area contributed by atoms with Crippen LogP contribution in [0.25, 0.3) is 0 Å². The Hall–Kier alpha value is -0.610. The molecule has 2 saturated heterocycles. The molecule has 12 heavy (non-hydrogen) atoms. The van der Waals surface area contributed by atoms with Crippen LogP contribution in [0, 0.1) is 5.92 Å². The normalized spacial score (nSPS) is 29.8. The summed E-state index contributed by atoms with van der Waals surface area (Å²) in [5, 5.41) is 3.03. The van der Waals surface area contributed by atoms with Gasteiger partial charge in [-0.25, -0.2) is 0 Å². The molecule has 68 valence electrons. The van der Waals surface area contributed by atoms with Gasteiger partial charge in [0.2, 0.25) is 0 Å². The first kappa shape index (κ1) is 8.01.